The highest BCUT2D eigenvalue weighted by Crippen LogP contribution is 2.40. The lowest BCUT2D eigenvalue weighted by atomic mass is 9.79. The molecule has 0 fully saturated rings. The van der Waals surface area contributed by atoms with Crippen LogP contribution in [-0.4, -0.2) is 0 Å². The van der Waals surface area contributed by atoms with Crippen LogP contribution in [0.15, 0.2) is 40.2 Å². The highest BCUT2D eigenvalue weighted by molar-refractivity contribution is 9.10. The van der Waals surface area contributed by atoms with Gasteiger partial charge in [-0.1, -0.05) is 24.3 Å². The second-order valence-corrected chi connectivity index (χ2v) is 7.18. The Balaban J connectivity index is 1.82. The van der Waals surface area contributed by atoms with E-state index < -0.39 is 0 Å². The number of aryl methyl sites for hydroxylation is 1. The van der Waals surface area contributed by atoms with Gasteiger partial charge >= 0.3 is 0 Å². The Morgan fingerprint density at radius 2 is 2.20 bits per heavy atom. The van der Waals surface area contributed by atoms with E-state index in [1.54, 1.807) is 11.3 Å². The summed E-state index contributed by atoms with van der Waals surface area (Å²) in [5.74, 6) is 6.41. The second kappa shape index (κ2) is 6.39. The summed E-state index contributed by atoms with van der Waals surface area (Å²) in [4.78, 5) is 1.30. The average Bonchev–Trinajstić information content (AvgIpc) is 2.91. The molecule has 0 bridgehead atoms. The van der Waals surface area contributed by atoms with Crippen LogP contribution in [0.2, 0.25) is 0 Å². The molecular formula is C16H19BrN2S. The van der Waals surface area contributed by atoms with Gasteiger partial charge in [0.2, 0.25) is 0 Å². The summed E-state index contributed by atoms with van der Waals surface area (Å²) in [6, 6.07) is 11.2. The largest absolute Gasteiger partial charge is 0.271 e. The first kappa shape index (κ1) is 14.3. The Bertz CT molecular complexity index is 581. The summed E-state index contributed by atoms with van der Waals surface area (Å²) in [5, 5.41) is 2.11. The van der Waals surface area contributed by atoms with Gasteiger partial charge in [-0.15, -0.1) is 11.3 Å². The molecule has 20 heavy (non-hydrogen) atoms. The van der Waals surface area contributed by atoms with Gasteiger partial charge in [0.1, 0.15) is 0 Å². The van der Waals surface area contributed by atoms with E-state index in [1.165, 1.54) is 35.3 Å². The van der Waals surface area contributed by atoms with E-state index in [0.717, 1.165) is 10.9 Å². The molecule has 4 heteroatoms. The molecule has 2 atom stereocenters. The minimum Gasteiger partial charge on any atom is -0.271 e. The molecule has 106 valence electrons. The molecule has 1 aliphatic rings. The SMILES string of the molecule is NNC(CC1CCCc2ccccc21)c1sccc1Br. The van der Waals surface area contributed by atoms with Crippen molar-refractivity contribution in [2.24, 2.45) is 5.84 Å². The van der Waals surface area contributed by atoms with Crippen LogP contribution >= 0.6 is 27.3 Å². The fourth-order valence-corrected chi connectivity index (χ4v) is 4.91. The molecule has 1 aliphatic carbocycles. The van der Waals surface area contributed by atoms with Gasteiger partial charge in [-0.05, 0) is 70.1 Å². The predicted molar refractivity (Wildman–Crippen MR) is 88.8 cm³/mol. The summed E-state index contributed by atoms with van der Waals surface area (Å²) in [6.07, 6.45) is 4.82. The normalized spacial score (nSPS) is 19.6. The Kier molecular flexibility index (Phi) is 4.56. The van der Waals surface area contributed by atoms with Gasteiger partial charge in [-0.25, -0.2) is 0 Å². The summed E-state index contributed by atoms with van der Waals surface area (Å²) < 4.78 is 1.16. The molecule has 2 unspecified atom stereocenters. The number of hydrogen-bond donors (Lipinski definition) is 2. The van der Waals surface area contributed by atoms with Gasteiger partial charge in [0, 0.05) is 9.35 Å². The Hall–Kier alpha value is -0.680. The van der Waals surface area contributed by atoms with Gasteiger partial charge in [0.25, 0.3) is 0 Å². The first-order valence-electron chi connectivity index (χ1n) is 7.06. The summed E-state index contributed by atoms with van der Waals surface area (Å²) in [6.45, 7) is 0. The Morgan fingerprint density at radius 3 is 2.95 bits per heavy atom. The number of halogens is 1. The number of fused-ring (bicyclic) bond motifs is 1. The van der Waals surface area contributed by atoms with E-state index >= 15 is 0 Å². The first-order chi connectivity index (χ1) is 9.79. The zero-order valence-electron chi connectivity index (χ0n) is 11.3. The maximum absolute atomic E-state index is 5.81. The number of nitrogens with two attached hydrogens (primary N) is 1. The van der Waals surface area contributed by atoms with E-state index in [0.29, 0.717) is 5.92 Å². The number of rotatable bonds is 4. The van der Waals surface area contributed by atoms with Crippen molar-refractivity contribution in [1.82, 2.24) is 5.43 Å². The third-order valence-corrected chi connectivity index (χ3v) is 6.16. The highest BCUT2D eigenvalue weighted by Gasteiger charge is 2.25. The van der Waals surface area contributed by atoms with Crippen LogP contribution in [-0.2, 0) is 6.42 Å². The van der Waals surface area contributed by atoms with Crippen LogP contribution in [0.25, 0.3) is 0 Å². The predicted octanol–water partition coefficient (Wildman–Crippen LogP) is 4.53. The molecular weight excluding hydrogens is 332 g/mol. The minimum atomic E-state index is 0.223. The number of hydrogen-bond acceptors (Lipinski definition) is 3. The van der Waals surface area contributed by atoms with E-state index in [-0.39, 0.29) is 6.04 Å². The molecule has 3 N–H and O–H groups in total. The van der Waals surface area contributed by atoms with Crippen LogP contribution in [0.1, 0.15) is 47.2 Å². The van der Waals surface area contributed by atoms with Gasteiger partial charge in [-0.3, -0.25) is 11.3 Å². The highest BCUT2D eigenvalue weighted by atomic mass is 79.9. The third-order valence-electron chi connectivity index (χ3n) is 4.18. The average molecular weight is 351 g/mol. The van der Waals surface area contributed by atoms with E-state index in [1.807, 2.05) is 0 Å². The third kappa shape index (κ3) is 2.84. The van der Waals surface area contributed by atoms with Crippen LogP contribution < -0.4 is 11.3 Å². The molecule has 1 aromatic heterocycles. The molecule has 2 aromatic rings. The Morgan fingerprint density at radius 1 is 1.35 bits per heavy atom. The Labute approximate surface area is 132 Å². The number of hydrazine groups is 1. The molecule has 0 saturated carbocycles. The minimum absolute atomic E-state index is 0.223. The van der Waals surface area contributed by atoms with Gasteiger partial charge < -0.3 is 0 Å². The monoisotopic (exact) mass is 350 g/mol. The van der Waals surface area contributed by atoms with Crippen LogP contribution in [0.5, 0.6) is 0 Å². The standard InChI is InChI=1S/C16H19BrN2S/c17-14-8-9-20-16(14)15(19-18)10-12-6-3-5-11-4-1-2-7-13(11)12/h1-2,4,7-9,12,15,19H,3,5-6,10,18H2. The summed E-state index contributed by atoms with van der Waals surface area (Å²) >= 11 is 5.38. The molecule has 0 radical (unpaired) electrons. The molecule has 1 heterocycles. The van der Waals surface area contributed by atoms with Crippen molar-refractivity contribution >= 4 is 27.3 Å². The van der Waals surface area contributed by atoms with Crippen LogP contribution in [0.4, 0.5) is 0 Å². The maximum atomic E-state index is 5.81. The first-order valence-corrected chi connectivity index (χ1v) is 8.73. The van der Waals surface area contributed by atoms with Crippen molar-refractivity contribution in [3.05, 3.63) is 56.2 Å². The molecule has 0 saturated heterocycles. The molecule has 0 aliphatic heterocycles. The molecule has 0 amide bonds. The lowest BCUT2D eigenvalue weighted by molar-refractivity contribution is 0.429. The van der Waals surface area contributed by atoms with E-state index in [4.69, 9.17) is 5.84 Å². The van der Waals surface area contributed by atoms with Gasteiger partial charge in [0.15, 0.2) is 0 Å². The topological polar surface area (TPSA) is 38.0 Å². The smallest absolute Gasteiger partial charge is 0.0570 e. The lowest BCUT2D eigenvalue weighted by Gasteiger charge is -2.28. The fraction of sp³-hybridized carbons (Fsp3) is 0.375. The van der Waals surface area contributed by atoms with Crippen molar-refractivity contribution in [3.63, 3.8) is 0 Å². The number of thiophene rings is 1. The van der Waals surface area contributed by atoms with Crippen molar-refractivity contribution in [3.8, 4) is 0 Å². The quantitative estimate of drug-likeness (QED) is 0.628. The van der Waals surface area contributed by atoms with Gasteiger partial charge in [0.05, 0.1) is 6.04 Å². The van der Waals surface area contributed by atoms with E-state index in [2.05, 4.69) is 57.1 Å². The van der Waals surface area contributed by atoms with Gasteiger partial charge in [-0.2, -0.15) is 0 Å². The maximum Gasteiger partial charge on any atom is 0.0570 e. The van der Waals surface area contributed by atoms with E-state index in [9.17, 15) is 0 Å². The van der Waals surface area contributed by atoms with Crippen molar-refractivity contribution < 1.29 is 0 Å². The zero-order valence-corrected chi connectivity index (χ0v) is 13.7. The second-order valence-electron chi connectivity index (χ2n) is 5.38. The molecule has 1 aromatic carbocycles. The lowest BCUT2D eigenvalue weighted by Crippen LogP contribution is -2.29. The molecule has 0 spiro atoms. The number of benzene rings is 1. The van der Waals surface area contributed by atoms with Crippen molar-refractivity contribution in [2.45, 2.75) is 37.6 Å². The molecule has 2 nitrogen and oxygen atoms in total. The van der Waals surface area contributed by atoms with Crippen molar-refractivity contribution in [2.75, 3.05) is 0 Å². The van der Waals surface area contributed by atoms with Crippen LogP contribution in [0.3, 0.4) is 0 Å². The summed E-state index contributed by atoms with van der Waals surface area (Å²) in [7, 11) is 0. The molecule has 3 rings (SSSR count). The van der Waals surface area contributed by atoms with Crippen molar-refractivity contribution in [1.29, 1.82) is 0 Å². The summed E-state index contributed by atoms with van der Waals surface area (Å²) in [5.41, 5.74) is 6.04. The van der Waals surface area contributed by atoms with Crippen LogP contribution in [0, 0.1) is 0 Å². The number of nitrogens with one attached hydrogen (secondary N) is 1. The fourth-order valence-electron chi connectivity index (χ4n) is 3.19. The zero-order chi connectivity index (χ0) is 13.9.